The number of non-ortho nitro benzene ring substituents is 1. The van der Waals surface area contributed by atoms with E-state index in [9.17, 15) is 28.1 Å². The molecule has 11 nitrogen and oxygen atoms in total. The summed E-state index contributed by atoms with van der Waals surface area (Å²) in [6, 6.07) is 9.60. The van der Waals surface area contributed by atoms with Crippen molar-refractivity contribution in [2.24, 2.45) is 0 Å². The molecule has 0 radical (unpaired) electrons. The summed E-state index contributed by atoms with van der Waals surface area (Å²) in [4.78, 5) is 37.5. The van der Waals surface area contributed by atoms with Gasteiger partial charge >= 0.3 is 0 Å². The number of rotatable bonds is 10. The van der Waals surface area contributed by atoms with E-state index in [-0.39, 0.29) is 23.7 Å². The van der Waals surface area contributed by atoms with Crippen molar-refractivity contribution in [2.75, 3.05) is 31.3 Å². The van der Waals surface area contributed by atoms with Crippen molar-refractivity contribution in [1.29, 1.82) is 0 Å². The molecular formula is C21H25BrN4O7S. The molecule has 2 rings (SSSR count). The van der Waals surface area contributed by atoms with Crippen LogP contribution < -0.4 is 14.4 Å². The Kier molecular flexibility index (Phi) is 8.99. The maximum atomic E-state index is 13.4. The molecule has 0 bridgehead atoms. The topological polar surface area (TPSA) is 139 Å². The molecule has 0 saturated heterocycles. The summed E-state index contributed by atoms with van der Waals surface area (Å²) in [5.41, 5.74) is 0.178. The third-order valence-corrected chi connectivity index (χ3v) is 6.66. The molecule has 184 valence electrons. The van der Waals surface area contributed by atoms with Gasteiger partial charge in [0.1, 0.15) is 24.0 Å². The Labute approximate surface area is 206 Å². The first-order valence-corrected chi connectivity index (χ1v) is 12.6. The zero-order valence-electron chi connectivity index (χ0n) is 19.0. The lowest BCUT2D eigenvalue weighted by atomic mass is 10.1. The monoisotopic (exact) mass is 556 g/mol. The van der Waals surface area contributed by atoms with E-state index in [2.05, 4.69) is 21.2 Å². The smallest absolute Gasteiger partial charge is 0.271 e. The minimum Gasteiger partial charge on any atom is -0.495 e. The Hall–Kier alpha value is -3.19. The number of carbonyl (C=O) groups excluding carboxylic acids is 2. The van der Waals surface area contributed by atoms with Crippen LogP contribution in [0.15, 0.2) is 46.9 Å². The van der Waals surface area contributed by atoms with Gasteiger partial charge in [-0.05, 0) is 30.7 Å². The highest BCUT2D eigenvalue weighted by atomic mass is 79.9. The number of sulfonamides is 1. The van der Waals surface area contributed by atoms with Gasteiger partial charge in [-0.15, -0.1) is 0 Å². The summed E-state index contributed by atoms with van der Waals surface area (Å²) < 4.78 is 32.0. The number of likely N-dealkylation sites (N-methyl/N-ethyl adjacent to an activating group) is 1. The lowest BCUT2D eigenvalue weighted by Gasteiger charge is -2.31. The third kappa shape index (κ3) is 6.67. The van der Waals surface area contributed by atoms with Crippen LogP contribution in [0.1, 0.15) is 12.5 Å². The number of nitro groups is 1. The molecule has 2 aromatic carbocycles. The molecule has 13 heteroatoms. The van der Waals surface area contributed by atoms with Crippen LogP contribution in [0.5, 0.6) is 5.75 Å². The van der Waals surface area contributed by atoms with Crippen LogP contribution in [-0.2, 0) is 26.2 Å². The highest BCUT2D eigenvalue weighted by molar-refractivity contribution is 9.10. The van der Waals surface area contributed by atoms with Gasteiger partial charge in [-0.2, -0.15) is 0 Å². The molecule has 1 atom stereocenters. The minimum absolute atomic E-state index is 0.0302. The molecule has 0 heterocycles. The summed E-state index contributed by atoms with van der Waals surface area (Å²) in [6.07, 6.45) is 0.875. The highest BCUT2D eigenvalue weighted by Crippen LogP contribution is 2.33. The molecule has 0 aromatic heterocycles. The molecule has 2 amide bonds. The minimum atomic E-state index is -4.08. The van der Waals surface area contributed by atoms with Gasteiger partial charge in [0.05, 0.1) is 18.3 Å². The number of amides is 2. The van der Waals surface area contributed by atoms with Gasteiger partial charge in [-0.25, -0.2) is 8.42 Å². The third-order valence-electron chi connectivity index (χ3n) is 5.00. The fourth-order valence-electron chi connectivity index (χ4n) is 3.16. The maximum Gasteiger partial charge on any atom is 0.271 e. The number of hydrogen-bond donors (Lipinski definition) is 1. The molecule has 0 fully saturated rings. The number of carbonyl (C=O) groups is 2. The SMILES string of the molecule is CNC(=O)[C@H](C)N(Cc1ccc(Br)cc1)C(=O)CN(c1cc([N+](=O)[O-])ccc1OC)S(C)(=O)=O. The second-order valence-corrected chi connectivity index (χ2v) is 10.1. The molecule has 0 aliphatic carbocycles. The zero-order chi connectivity index (χ0) is 25.6. The predicted octanol–water partition coefficient (Wildman–Crippen LogP) is 2.30. The average Bonchev–Trinajstić information content (AvgIpc) is 2.79. The standard InChI is InChI=1S/C21H25BrN4O7S/c1-14(21(28)23-2)24(12-15-5-7-16(22)8-6-15)20(27)13-25(34(4,31)32)18-11-17(26(29)30)9-10-19(18)33-3/h5-11,14H,12-13H2,1-4H3,(H,23,28)/t14-/m0/s1. The van der Waals surface area contributed by atoms with E-state index in [4.69, 9.17) is 4.74 Å². The van der Waals surface area contributed by atoms with Crippen LogP contribution >= 0.6 is 15.9 Å². The summed E-state index contributed by atoms with van der Waals surface area (Å²) in [5.74, 6) is -1.09. The molecule has 0 aliphatic rings. The Bertz CT molecular complexity index is 1170. The number of benzene rings is 2. The zero-order valence-corrected chi connectivity index (χ0v) is 21.4. The molecule has 0 aliphatic heterocycles. The normalized spacial score (nSPS) is 11.9. The van der Waals surface area contributed by atoms with Gasteiger partial charge in [0, 0.05) is 30.2 Å². The van der Waals surface area contributed by atoms with Crippen LogP contribution in [0.2, 0.25) is 0 Å². The number of hydrogen-bond acceptors (Lipinski definition) is 7. The van der Waals surface area contributed by atoms with E-state index in [0.29, 0.717) is 5.56 Å². The molecule has 1 N–H and O–H groups in total. The first-order valence-electron chi connectivity index (χ1n) is 9.94. The predicted molar refractivity (Wildman–Crippen MR) is 130 cm³/mol. The van der Waals surface area contributed by atoms with Crippen molar-refractivity contribution in [3.63, 3.8) is 0 Å². The summed E-state index contributed by atoms with van der Waals surface area (Å²) in [6.45, 7) is 0.854. The van der Waals surface area contributed by atoms with Gasteiger partial charge in [-0.1, -0.05) is 28.1 Å². The Morgan fingerprint density at radius 3 is 2.32 bits per heavy atom. The van der Waals surface area contributed by atoms with Gasteiger partial charge in [0.15, 0.2) is 0 Å². The second kappa shape index (κ2) is 11.3. The van der Waals surface area contributed by atoms with Crippen molar-refractivity contribution < 1.29 is 27.7 Å². The Balaban J connectivity index is 2.50. The number of ether oxygens (including phenoxy) is 1. The van der Waals surface area contributed by atoms with Crippen molar-refractivity contribution in [3.8, 4) is 5.75 Å². The number of methoxy groups -OCH3 is 1. The molecule has 2 aromatic rings. The Morgan fingerprint density at radius 1 is 1.21 bits per heavy atom. The highest BCUT2D eigenvalue weighted by Gasteiger charge is 2.31. The van der Waals surface area contributed by atoms with Crippen LogP contribution in [0.3, 0.4) is 0 Å². The summed E-state index contributed by atoms with van der Waals surface area (Å²) in [7, 11) is -1.37. The second-order valence-electron chi connectivity index (χ2n) is 7.32. The van der Waals surface area contributed by atoms with E-state index < -0.39 is 39.3 Å². The lowest BCUT2D eigenvalue weighted by molar-refractivity contribution is -0.384. The van der Waals surface area contributed by atoms with E-state index in [1.165, 1.54) is 32.0 Å². The van der Waals surface area contributed by atoms with E-state index >= 15 is 0 Å². The fraction of sp³-hybridized carbons (Fsp3) is 0.333. The first-order chi connectivity index (χ1) is 15.9. The van der Waals surface area contributed by atoms with Crippen LogP contribution in [0.25, 0.3) is 0 Å². The van der Waals surface area contributed by atoms with E-state index in [1.807, 2.05) is 0 Å². The van der Waals surface area contributed by atoms with Crippen molar-refractivity contribution in [2.45, 2.75) is 19.5 Å². The van der Waals surface area contributed by atoms with Gasteiger partial charge in [-0.3, -0.25) is 24.0 Å². The van der Waals surface area contributed by atoms with Gasteiger partial charge < -0.3 is 15.0 Å². The molecule has 34 heavy (non-hydrogen) atoms. The summed E-state index contributed by atoms with van der Waals surface area (Å²) in [5, 5.41) is 13.7. The number of halogens is 1. The quantitative estimate of drug-likeness (QED) is 0.349. The largest absolute Gasteiger partial charge is 0.495 e. The average molecular weight is 557 g/mol. The van der Waals surface area contributed by atoms with E-state index in [1.54, 1.807) is 24.3 Å². The number of nitrogens with zero attached hydrogens (tertiary/aromatic N) is 3. The van der Waals surface area contributed by atoms with Crippen molar-refractivity contribution in [1.82, 2.24) is 10.2 Å². The maximum absolute atomic E-state index is 13.4. The van der Waals surface area contributed by atoms with Crippen molar-refractivity contribution in [3.05, 3.63) is 62.6 Å². The number of nitrogens with one attached hydrogen (secondary N) is 1. The first kappa shape index (κ1) is 27.1. The van der Waals surface area contributed by atoms with Gasteiger partial charge in [0.25, 0.3) is 5.69 Å². The lowest BCUT2D eigenvalue weighted by Crippen LogP contribution is -2.50. The fourth-order valence-corrected chi connectivity index (χ4v) is 4.27. The van der Waals surface area contributed by atoms with Crippen LogP contribution in [0, 0.1) is 10.1 Å². The van der Waals surface area contributed by atoms with E-state index in [0.717, 1.165) is 27.2 Å². The van der Waals surface area contributed by atoms with Crippen LogP contribution in [0.4, 0.5) is 11.4 Å². The van der Waals surface area contributed by atoms with Gasteiger partial charge in [0.2, 0.25) is 21.8 Å². The summed E-state index contributed by atoms with van der Waals surface area (Å²) >= 11 is 3.34. The number of anilines is 1. The van der Waals surface area contributed by atoms with Crippen LogP contribution in [-0.4, -0.2) is 63.1 Å². The molecule has 0 saturated carbocycles. The molecule has 0 spiro atoms. The molecular weight excluding hydrogens is 532 g/mol. The molecule has 0 unspecified atom stereocenters. The number of nitro benzene ring substituents is 1. The van der Waals surface area contributed by atoms with Crippen molar-refractivity contribution >= 4 is 49.1 Å². The Morgan fingerprint density at radius 2 is 1.82 bits per heavy atom.